The molecule has 0 aliphatic carbocycles. The van der Waals surface area contributed by atoms with Gasteiger partial charge in [-0.1, -0.05) is 30.3 Å². The molecular weight excluding hydrogens is 366 g/mol. The highest BCUT2D eigenvalue weighted by Gasteiger charge is 2.25. The molecule has 1 aromatic heterocycles. The molecule has 1 atom stereocenters. The molecule has 1 unspecified atom stereocenters. The Balaban J connectivity index is 1.82. The summed E-state index contributed by atoms with van der Waals surface area (Å²) < 4.78 is 7.37. The molecule has 0 spiro atoms. The van der Waals surface area contributed by atoms with E-state index in [0.29, 0.717) is 23.7 Å². The van der Waals surface area contributed by atoms with Crippen LogP contribution in [0.25, 0.3) is 0 Å². The molecule has 2 amide bonds. The Morgan fingerprint density at radius 2 is 2.00 bits per heavy atom. The number of imidazole rings is 1. The largest absolute Gasteiger partial charge is 0.496 e. The summed E-state index contributed by atoms with van der Waals surface area (Å²) in [5, 5.41) is 12.0. The Bertz CT molecular complexity index is 1020. The third-order valence-corrected chi connectivity index (χ3v) is 4.68. The van der Waals surface area contributed by atoms with Crippen molar-refractivity contribution in [3.05, 3.63) is 83.4 Å². The fourth-order valence-corrected chi connectivity index (χ4v) is 3.11. The van der Waals surface area contributed by atoms with Gasteiger partial charge in [0.05, 0.1) is 18.7 Å². The molecule has 7 heteroatoms. The van der Waals surface area contributed by atoms with Gasteiger partial charge in [0.15, 0.2) is 0 Å². The van der Waals surface area contributed by atoms with Crippen molar-refractivity contribution in [2.24, 2.45) is 7.05 Å². The fourth-order valence-electron chi connectivity index (χ4n) is 3.11. The van der Waals surface area contributed by atoms with Crippen molar-refractivity contribution in [1.82, 2.24) is 19.8 Å². The van der Waals surface area contributed by atoms with E-state index in [1.54, 1.807) is 37.4 Å². The Kier molecular flexibility index (Phi) is 6.15. The van der Waals surface area contributed by atoms with Crippen molar-refractivity contribution < 1.29 is 9.53 Å². The van der Waals surface area contributed by atoms with Crippen LogP contribution in [-0.4, -0.2) is 34.6 Å². The highest BCUT2D eigenvalue weighted by atomic mass is 16.5. The molecule has 1 heterocycles. The van der Waals surface area contributed by atoms with E-state index in [9.17, 15) is 4.79 Å². The zero-order valence-corrected chi connectivity index (χ0v) is 16.7. The number of hydrogen-bond acceptors (Lipinski definition) is 4. The van der Waals surface area contributed by atoms with Crippen molar-refractivity contribution in [2.45, 2.75) is 12.6 Å². The second-order valence-electron chi connectivity index (χ2n) is 6.69. The first-order chi connectivity index (χ1) is 14.0. The number of rotatable bonds is 6. The summed E-state index contributed by atoms with van der Waals surface area (Å²) in [4.78, 5) is 19.0. The molecule has 0 fully saturated rings. The normalized spacial score (nSPS) is 11.4. The molecule has 148 valence electrons. The standard InChI is InChI=1S/C22H23N5O2/c1-26-13-12-24-21(26)20(18-6-4-5-7-19(18)29-3)25-22(28)27(2)15-17-10-8-16(14-23)9-11-17/h4-13,20H,15H2,1-3H3,(H,25,28). The van der Waals surface area contributed by atoms with Crippen LogP contribution in [0.2, 0.25) is 0 Å². The molecule has 0 aliphatic rings. The van der Waals surface area contributed by atoms with Crippen molar-refractivity contribution in [3.63, 3.8) is 0 Å². The van der Waals surface area contributed by atoms with Gasteiger partial charge >= 0.3 is 6.03 Å². The van der Waals surface area contributed by atoms with Crippen LogP contribution in [0, 0.1) is 11.3 Å². The van der Waals surface area contributed by atoms with Gasteiger partial charge in [-0.3, -0.25) is 0 Å². The molecule has 3 aromatic rings. The molecule has 0 saturated carbocycles. The predicted octanol–water partition coefficient (Wildman–Crippen LogP) is 3.23. The van der Waals surface area contributed by atoms with Crippen molar-refractivity contribution in [2.75, 3.05) is 14.2 Å². The van der Waals surface area contributed by atoms with Crippen molar-refractivity contribution in [1.29, 1.82) is 5.26 Å². The van der Waals surface area contributed by atoms with Crippen LogP contribution in [0.1, 0.15) is 28.6 Å². The maximum absolute atomic E-state index is 12.9. The zero-order chi connectivity index (χ0) is 20.8. The van der Waals surface area contributed by atoms with Gasteiger partial charge in [0, 0.05) is 38.6 Å². The first kappa shape index (κ1) is 20.0. The lowest BCUT2D eigenvalue weighted by molar-refractivity contribution is 0.203. The Morgan fingerprint density at radius 1 is 1.28 bits per heavy atom. The smallest absolute Gasteiger partial charge is 0.318 e. The number of carbonyl (C=O) groups excluding carboxylic acids is 1. The fraction of sp³-hybridized carbons (Fsp3) is 0.227. The minimum Gasteiger partial charge on any atom is -0.496 e. The third kappa shape index (κ3) is 4.55. The maximum atomic E-state index is 12.9. The second-order valence-corrected chi connectivity index (χ2v) is 6.69. The molecule has 3 rings (SSSR count). The van der Waals surface area contributed by atoms with Crippen molar-refractivity contribution >= 4 is 6.03 Å². The number of aryl methyl sites for hydroxylation is 1. The Morgan fingerprint density at radius 3 is 2.62 bits per heavy atom. The van der Waals surface area contributed by atoms with Gasteiger partial charge in [-0.25, -0.2) is 9.78 Å². The average Bonchev–Trinajstić information content (AvgIpc) is 3.17. The van der Waals surface area contributed by atoms with E-state index in [2.05, 4.69) is 16.4 Å². The number of ether oxygens (including phenoxy) is 1. The lowest BCUT2D eigenvalue weighted by atomic mass is 10.0. The average molecular weight is 389 g/mol. The van der Waals surface area contributed by atoms with Gasteiger partial charge in [-0.05, 0) is 23.8 Å². The molecule has 1 N–H and O–H groups in total. The third-order valence-electron chi connectivity index (χ3n) is 4.68. The van der Waals surface area contributed by atoms with Gasteiger partial charge < -0.3 is 19.5 Å². The highest BCUT2D eigenvalue weighted by Crippen LogP contribution is 2.29. The first-order valence-electron chi connectivity index (χ1n) is 9.14. The van der Waals surface area contributed by atoms with E-state index in [1.165, 1.54) is 0 Å². The number of benzene rings is 2. The summed E-state index contributed by atoms with van der Waals surface area (Å²) >= 11 is 0. The molecule has 0 aliphatic heterocycles. The number of methoxy groups -OCH3 is 1. The van der Waals surface area contributed by atoms with Crippen LogP contribution in [-0.2, 0) is 13.6 Å². The van der Waals surface area contributed by atoms with E-state index in [0.717, 1.165) is 11.1 Å². The van der Waals surface area contributed by atoms with Crippen LogP contribution >= 0.6 is 0 Å². The highest BCUT2D eigenvalue weighted by molar-refractivity contribution is 5.75. The summed E-state index contributed by atoms with van der Waals surface area (Å²) in [5.74, 6) is 1.38. The number of nitrogens with one attached hydrogen (secondary N) is 1. The number of urea groups is 1. The van der Waals surface area contributed by atoms with Crippen LogP contribution in [0.5, 0.6) is 5.75 Å². The maximum Gasteiger partial charge on any atom is 0.318 e. The van der Waals surface area contributed by atoms with Gasteiger partial charge in [0.1, 0.15) is 17.6 Å². The number of nitriles is 1. The molecule has 7 nitrogen and oxygen atoms in total. The van der Waals surface area contributed by atoms with Crippen molar-refractivity contribution in [3.8, 4) is 11.8 Å². The van der Waals surface area contributed by atoms with Gasteiger partial charge in [0.2, 0.25) is 0 Å². The molecule has 29 heavy (non-hydrogen) atoms. The monoisotopic (exact) mass is 389 g/mol. The van der Waals surface area contributed by atoms with E-state index >= 15 is 0 Å². The molecule has 2 aromatic carbocycles. The Hall–Kier alpha value is -3.79. The summed E-state index contributed by atoms with van der Waals surface area (Å²) in [6.07, 6.45) is 3.54. The summed E-state index contributed by atoms with van der Waals surface area (Å²) in [7, 11) is 5.22. The lowest BCUT2D eigenvalue weighted by Crippen LogP contribution is -2.40. The molecular formula is C22H23N5O2. The van der Waals surface area contributed by atoms with E-state index in [4.69, 9.17) is 10.00 Å². The quantitative estimate of drug-likeness (QED) is 0.702. The number of amides is 2. The van der Waals surface area contributed by atoms with E-state index in [-0.39, 0.29) is 6.03 Å². The van der Waals surface area contributed by atoms with Gasteiger partial charge in [-0.2, -0.15) is 5.26 Å². The zero-order valence-electron chi connectivity index (χ0n) is 16.7. The van der Waals surface area contributed by atoms with Crippen LogP contribution in [0.15, 0.2) is 60.9 Å². The van der Waals surface area contributed by atoms with Gasteiger partial charge in [0.25, 0.3) is 0 Å². The van der Waals surface area contributed by atoms with Gasteiger partial charge in [-0.15, -0.1) is 0 Å². The SMILES string of the molecule is COc1ccccc1C(NC(=O)N(C)Cc1ccc(C#N)cc1)c1nccn1C. The minimum atomic E-state index is -0.470. The second kappa shape index (κ2) is 8.93. The lowest BCUT2D eigenvalue weighted by Gasteiger charge is -2.25. The van der Waals surface area contributed by atoms with E-state index < -0.39 is 6.04 Å². The first-order valence-corrected chi connectivity index (χ1v) is 9.14. The molecule has 0 saturated heterocycles. The topological polar surface area (TPSA) is 83.2 Å². The minimum absolute atomic E-state index is 0.242. The summed E-state index contributed by atoms with van der Waals surface area (Å²) in [5.41, 5.74) is 2.35. The number of para-hydroxylation sites is 1. The summed E-state index contributed by atoms with van der Waals surface area (Å²) in [6.45, 7) is 0.413. The summed E-state index contributed by atoms with van der Waals surface area (Å²) in [6, 6.07) is 16.1. The van der Waals surface area contributed by atoms with Crippen LogP contribution < -0.4 is 10.1 Å². The number of carbonyl (C=O) groups is 1. The predicted molar refractivity (Wildman–Crippen MR) is 109 cm³/mol. The Labute approximate surface area is 170 Å². The van der Waals surface area contributed by atoms with Crippen LogP contribution in [0.3, 0.4) is 0 Å². The van der Waals surface area contributed by atoms with Crippen LogP contribution in [0.4, 0.5) is 4.79 Å². The number of nitrogens with zero attached hydrogens (tertiary/aromatic N) is 4. The number of aromatic nitrogens is 2. The number of hydrogen-bond donors (Lipinski definition) is 1. The van der Waals surface area contributed by atoms with E-state index in [1.807, 2.05) is 54.2 Å². The molecule has 0 bridgehead atoms. The molecule has 0 radical (unpaired) electrons.